The lowest BCUT2D eigenvalue weighted by molar-refractivity contribution is -0.135. The van der Waals surface area contributed by atoms with Gasteiger partial charge in [0.1, 0.15) is 11.6 Å². The van der Waals surface area contributed by atoms with E-state index < -0.39 is 11.5 Å². The van der Waals surface area contributed by atoms with Gasteiger partial charge in [0, 0.05) is 24.3 Å². The van der Waals surface area contributed by atoms with Gasteiger partial charge in [-0.25, -0.2) is 4.98 Å². The van der Waals surface area contributed by atoms with Gasteiger partial charge in [-0.1, -0.05) is 30.3 Å². The minimum Gasteiger partial charge on any atom is -0.478 e. The Morgan fingerprint density at radius 2 is 1.74 bits per heavy atom. The second-order valence-electron chi connectivity index (χ2n) is 9.82. The number of benzene rings is 2. The largest absolute Gasteiger partial charge is 0.478 e. The van der Waals surface area contributed by atoms with E-state index in [0.717, 1.165) is 42.3 Å². The van der Waals surface area contributed by atoms with Gasteiger partial charge in [-0.3, -0.25) is 9.59 Å². The fourth-order valence-corrected chi connectivity index (χ4v) is 5.28. The second kappa shape index (κ2) is 8.63. The maximum atomic E-state index is 13.2. The molecule has 2 saturated heterocycles. The van der Waals surface area contributed by atoms with Crippen LogP contribution in [0.15, 0.2) is 60.8 Å². The number of nitrogens with one attached hydrogen (secondary N) is 1. The van der Waals surface area contributed by atoms with E-state index in [4.69, 9.17) is 10.5 Å². The molecule has 0 radical (unpaired) electrons. The predicted octanol–water partition coefficient (Wildman–Crippen LogP) is 3.81. The van der Waals surface area contributed by atoms with E-state index in [1.165, 1.54) is 6.20 Å². The molecule has 2 aromatic carbocycles. The number of ether oxygens (including phenoxy) is 1. The van der Waals surface area contributed by atoms with Gasteiger partial charge in [0.25, 0.3) is 5.91 Å². The summed E-state index contributed by atoms with van der Waals surface area (Å²) in [6.07, 6.45) is 5.37. The Kier molecular flexibility index (Phi) is 5.63. The zero-order valence-electron chi connectivity index (χ0n) is 19.5. The van der Waals surface area contributed by atoms with Gasteiger partial charge < -0.3 is 20.7 Å². The number of primary amides is 1. The number of aromatic nitrogens is 1. The molecule has 2 aliphatic heterocycles. The van der Waals surface area contributed by atoms with E-state index in [2.05, 4.69) is 21.3 Å². The van der Waals surface area contributed by atoms with Crippen molar-refractivity contribution < 1.29 is 14.3 Å². The number of nitrogens with zero attached hydrogens (tertiary/aromatic N) is 2. The number of piperidine rings is 1. The first-order valence-electron chi connectivity index (χ1n) is 11.8. The van der Waals surface area contributed by atoms with Crippen molar-refractivity contribution in [1.82, 2.24) is 10.3 Å². The number of amides is 2. The molecule has 176 valence electrons. The molecule has 0 saturated carbocycles. The topological polar surface area (TPSA) is 97.5 Å². The highest BCUT2D eigenvalue weighted by molar-refractivity contribution is 5.92. The average molecular weight is 459 g/mol. The number of pyridine rings is 1. The number of carbonyl (C=O) groups excluding carboxylic acids is 2. The molecule has 2 fully saturated rings. The van der Waals surface area contributed by atoms with Crippen LogP contribution in [0.1, 0.15) is 49.9 Å². The Bertz CT molecular complexity index is 1210. The number of hydrogen-bond donors (Lipinski definition) is 2. The van der Waals surface area contributed by atoms with Crippen LogP contribution in [-0.4, -0.2) is 40.5 Å². The van der Waals surface area contributed by atoms with Gasteiger partial charge >= 0.3 is 0 Å². The van der Waals surface area contributed by atoms with E-state index in [1.807, 2.05) is 56.3 Å². The monoisotopic (exact) mass is 458 g/mol. The first kappa shape index (κ1) is 22.2. The molecule has 3 atom stereocenters. The van der Waals surface area contributed by atoms with Gasteiger partial charge in [-0.15, -0.1) is 0 Å². The summed E-state index contributed by atoms with van der Waals surface area (Å²) in [5, 5.41) is 5.46. The van der Waals surface area contributed by atoms with Crippen molar-refractivity contribution in [2.45, 2.75) is 63.3 Å². The fraction of sp³-hybridized carbons (Fsp3) is 0.370. The Balaban J connectivity index is 1.23. The van der Waals surface area contributed by atoms with Gasteiger partial charge in [0.15, 0.2) is 5.60 Å². The molecule has 34 heavy (non-hydrogen) atoms. The van der Waals surface area contributed by atoms with E-state index in [-0.39, 0.29) is 11.9 Å². The molecular formula is C27H30N4O3. The maximum absolute atomic E-state index is 13.2. The Labute approximate surface area is 199 Å². The highest BCUT2D eigenvalue weighted by atomic mass is 16.5. The molecule has 7 nitrogen and oxygen atoms in total. The molecule has 0 aliphatic carbocycles. The number of anilines is 1. The van der Waals surface area contributed by atoms with Crippen LogP contribution in [0.3, 0.4) is 0 Å². The van der Waals surface area contributed by atoms with Crippen LogP contribution in [0.4, 0.5) is 5.82 Å². The zero-order valence-corrected chi connectivity index (χ0v) is 19.5. The molecule has 2 amide bonds. The lowest BCUT2D eigenvalue weighted by Crippen LogP contribution is -2.55. The zero-order chi connectivity index (χ0) is 23.9. The second-order valence-corrected chi connectivity index (χ2v) is 9.82. The summed E-state index contributed by atoms with van der Waals surface area (Å²) in [5.41, 5.74) is 4.75. The lowest BCUT2D eigenvalue weighted by Gasteiger charge is -2.40. The summed E-state index contributed by atoms with van der Waals surface area (Å²) < 4.78 is 6.13. The van der Waals surface area contributed by atoms with Crippen LogP contribution >= 0.6 is 0 Å². The number of rotatable bonds is 6. The Hall–Kier alpha value is -3.61. The van der Waals surface area contributed by atoms with E-state index in [9.17, 15) is 9.59 Å². The summed E-state index contributed by atoms with van der Waals surface area (Å²) in [4.78, 5) is 31.3. The van der Waals surface area contributed by atoms with Crippen molar-refractivity contribution in [2.24, 2.45) is 5.73 Å². The van der Waals surface area contributed by atoms with E-state index in [1.54, 1.807) is 6.07 Å². The summed E-state index contributed by atoms with van der Waals surface area (Å²) in [7, 11) is 0. The van der Waals surface area contributed by atoms with E-state index >= 15 is 0 Å². The number of carbonyl (C=O) groups is 2. The minimum absolute atomic E-state index is 0.0885. The highest BCUT2D eigenvalue weighted by Crippen LogP contribution is 2.38. The number of hydrogen-bond acceptors (Lipinski definition) is 5. The third-order valence-electron chi connectivity index (χ3n) is 7.01. The minimum atomic E-state index is -0.995. The van der Waals surface area contributed by atoms with Gasteiger partial charge in [0.05, 0.1) is 5.56 Å². The summed E-state index contributed by atoms with van der Waals surface area (Å²) in [6.45, 7) is 3.62. The molecule has 0 spiro atoms. The van der Waals surface area contributed by atoms with Crippen LogP contribution in [0.5, 0.6) is 5.75 Å². The van der Waals surface area contributed by atoms with Crippen LogP contribution < -0.4 is 20.7 Å². The summed E-state index contributed by atoms with van der Waals surface area (Å²) >= 11 is 0. The molecule has 3 N–H and O–H groups in total. The van der Waals surface area contributed by atoms with Crippen molar-refractivity contribution in [3.8, 4) is 5.75 Å². The summed E-state index contributed by atoms with van der Waals surface area (Å²) in [6, 6.07) is 18.3. The van der Waals surface area contributed by atoms with Crippen LogP contribution in [-0.2, 0) is 4.79 Å². The van der Waals surface area contributed by atoms with Crippen LogP contribution in [0, 0.1) is 0 Å². The molecule has 3 heterocycles. The van der Waals surface area contributed by atoms with Crippen molar-refractivity contribution >= 4 is 28.4 Å². The van der Waals surface area contributed by atoms with Gasteiger partial charge in [-0.05, 0) is 74.6 Å². The lowest BCUT2D eigenvalue weighted by atomic mass is 9.96. The highest BCUT2D eigenvalue weighted by Gasteiger charge is 2.43. The molecule has 2 bridgehead atoms. The van der Waals surface area contributed by atoms with Crippen molar-refractivity contribution in [2.75, 3.05) is 4.90 Å². The van der Waals surface area contributed by atoms with Gasteiger partial charge in [-0.2, -0.15) is 0 Å². The molecule has 1 unspecified atom stereocenters. The standard InChI is InChI=1S/C27H30N4O3/c1-27(2,34-23-11-7-17-5-3-4-6-18(17)13-23)26(33)30-20-14-21-9-10-22(15-20)31(21)24-12-8-19(16-29-24)25(28)32/h3-8,11-13,16,20-22H,9-10,14-15H2,1-2H3,(H2,28,32)(H,30,33)/t20?,21-,22+. The third kappa shape index (κ3) is 4.30. The van der Waals surface area contributed by atoms with Crippen molar-refractivity contribution in [1.29, 1.82) is 0 Å². The average Bonchev–Trinajstić information content (AvgIpc) is 3.08. The van der Waals surface area contributed by atoms with Gasteiger partial charge in [0.2, 0.25) is 5.91 Å². The number of fused-ring (bicyclic) bond motifs is 3. The normalized spacial score (nSPS) is 21.9. The first-order chi connectivity index (χ1) is 16.3. The quantitative estimate of drug-likeness (QED) is 0.585. The number of nitrogens with two attached hydrogens (primary N) is 1. The third-order valence-corrected chi connectivity index (χ3v) is 7.01. The molecule has 3 aromatic rings. The predicted molar refractivity (Wildman–Crippen MR) is 132 cm³/mol. The SMILES string of the molecule is CC(C)(Oc1ccc2ccccc2c1)C(=O)NC1C[C@H]2CC[C@@H](C1)N2c1ccc(C(N)=O)cn1. The molecular weight excluding hydrogens is 428 g/mol. The Morgan fingerprint density at radius 1 is 1.03 bits per heavy atom. The van der Waals surface area contributed by atoms with Crippen LogP contribution in [0.25, 0.3) is 10.8 Å². The van der Waals surface area contributed by atoms with Crippen molar-refractivity contribution in [3.63, 3.8) is 0 Å². The molecule has 7 heteroatoms. The fourth-order valence-electron chi connectivity index (χ4n) is 5.28. The molecule has 5 rings (SSSR count). The van der Waals surface area contributed by atoms with Crippen LogP contribution in [0.2, 0.25) is 0 Å². The molecule has 1 aromatic heterocycles. The smallest absolute Gasteiger partial charge is 0.263 e. The maximum Gasteiger partial charge on any atom is 0.263 e. The van der Waals surface area contributed by atoms with Crippen molar-refractivity contribution in [3.05, 3.63) is 66.4 Å². The first-order valence-corrected chi connectivity index (χ1v) is 11.8. The summed E-state index contributed by atoms with van der Waals surface area (Å²) in [5.74, 6) is 0.959. The molecule has 2 aliphatic rings. The Morgan fingerprint density at radius 3 is 2.38 bits per heavy atom. The van der Waals surface area contributed by atoms with E-state index in [0.29, 0.717) is 23.4 Å².